The molecule has 2 rings (SSSR count). The van der Waals surface area contributed by atoms with Crippen molar-refractivity contribution >= 4 is 47.1 Å². The van der Waals surface area contributed by atoms with Crippen LogP contribution in [0.25, 0.3) is 0 Å². The van der Waals surface area contributed by atoms with Crippen LogP contribution in [0.3, 0.4) is 0 Å². The highest BCUT2D eigenvalue weighted by Crippen LogP contribution is 2.11. The maximum absolute atomic E-state index is 12.7. The van der Waals surface area contributed by atoms with Crippen LogP contribution in [0, 0.1) is 11.8 Å². The molecule has 0 saturated heterocycles. The Morgan fingerprint density at radius 2 is 1.40 bits per heavy atom. The first kappa shape index (κ1) is 38.6. The second-order valence-electron chi connectivity index (χ2n) is 11.3. The predicted molar refractivity (Wildman–Crippen MR) is 169 cm³/mol. The summed E-state index contributed by atoms with van der Waals surface area (Å²) in [5.41, 5.74) is 1.28. The van der Waals surface area contributed by atoms with Gasteiger partial charge in [0.05, 0.1) is 38.9 Å². The summed E-state index contributed by atoms with van der Waals surface area (Å²) in [5, 5.41) is 10.5. The van der Waals surface area contributed by atoms with Crippen molar-refractivity contribution in [3.05, 3.63) is 42.0 Å². The van der Waals surface area contributed by atoms with E-state index in [4.69, 9.17) is 14.2 Å². The number of nitrogens with zero attached hydrogens (tertiary/aromatic N) is 1. The molecule has 1 unspecified atom stereocenters. The molecular formula is C32H45N5O10. The number of ether oxygens (including phenoxy) is 3. The van der Waals surface area contributed by atoms with E-state index >= 15 is 0 Å². The van der Waals surface area contributed by atoms with Crippen LogP contribution in [0.1, 0.15) is 46.1 Å². The van der Waals surface area contributed by atoms with Gasteiger partial charge in [-0.3, -0.25) is 38.5 Å². The van der Waals surface area contributed by atoms with Crippen molar-refractivity contribution in [2.24, 2.45) is 11.8 Å². The Hall–Kier alpha value is -4.63. The molecule has 4 N–H and O–H groups in total. The molecule has 47 heavy (non-hydrogen) atoms. The van der Waals surface area contributed by atoms with E-state index in [-0.39, 0.29) is 95.1 Å². The van der Waals surface area contributed by atoms with Crippen molar-refractivity contribution in [2.75, 3.05) is 51.4 Å². The van der Waals surface area contributed by atoms with Crippen molar-refractivity contribution in [3.63, 3.8) is 0 Å². The fourth-order valence-electron chi connectivity index (χ4n) is 3.97. The molecule has 0 aromatic heterocycles. The minimum absolute atomic E-state index is 0.00421. The van der Waals surface area contributed by atoms with E-state index in [9.17, 15) is 33.6 Å². The molecule has 1 aliphatic heterocycles. The summed E-state index contributed by atoms with van der Waals surface area (Å²) in [6, 6.07) is 5.92. The van der Waals surface area contributed by atoms with Crippen molar-refractivity contribution < 1.29 is 47.8 Å². The van der Waals surface area contributed by atoms with Crippen molar-refractivity contribution in [1.82, 2.24) is 20.9 Å². The summed E-state index contributed by atoms with van der Waals surface area (Å²) in [4.78, 5) is 84.9. The molecule has 0 bridgehead atoms. The number of hydrogen-bond acceptors (Lipinski definition) is 10. The summed E-state index contributed by atoms with van der Waals surface area (Å²) in [5.74, 6) is -3.28. The number of carbonyl (C=O) groups is 7. The minimum atomic E-state index is -0.852. The van der Waals surface area contributed by atoms with E-state index < -0.39 is 29.7 Å². The van der Waals surface area contributed by atoms with Crippen LogP contribution in [-0.4, -0.2) is 98.4 Å². The first-order valence-corrected chi connectivity index (χ1v) is 15.5. The standard InChI is InChI=1S/C32H45N5O10/c1-21(2)30(31(43)34-19-27(40)35-24-7-5-23(6-8-24)20-47-32(44)22(3)4)36-26(39)12-15-45-17-18-46-16-13-33-25(38)11-14-37-28(41)9-10-29(37)42/h5-10,21-22,30H,11-20H2,1-4H3,(H,33,38)(H,34,43)(H,35,40)(H,36,39). The van der Waals surface area contributed by atoms with Gasteiger partial charge in [-0.05, 0) is 23.6 Å². The summed E-state index contributed by atoms with van der Waals surface area (Å²) < 4.78 is 16.0. The summed E-state index contributed by atoms with van der Waals surface area (Å²) in [6.45, 7) is 7.90. The number of nitrogens with one attached hydrogen (secondary N) is 4. The Labute approximate surface area is 274 Å². The molecule has 1 heterocycles. The molecule has 0 fully saturated rings. The summed E-state index contributed by atoms with van der Waals surface area (Å²) in [6.07, 6.45) is 2.33. The van der Waals surface area contributed by atoms with Gasteiger partial charge in [0.1, 0.15) is 12.6 Å². The Morgan fingerprint density at radius 3 is 2.02 bits per heavy atom. The molecule has 15 nitrogen and oxygen atoms in total. The SMILES string of the molecule is CC(C)C(=O)OCc1ccc(NC(=O)CNC(=O)C(NC(=O)CCOCCOCCNC(=O)CCN2C(=O)C=CC2=O)C(C)C)cc1. The molecule has 15 heteroatoms. The number of benzene rings is 1. The molecule has 0 saturated carbocycles. The number of carbonyl (C=O) groups excluding carboxylic acids is 7. The molecule has 0 aliphatic carbocycles. The zero-order chi connectivity index (χ0) is 34.8. The maximum atomic E-state index is 12.7. The zero-order valence-electron chi connectivity index (χ0n) is 27.3. The summed E-state index contributed by atoms with van der Waals surface area (Å²) in [7, 11) is 0. The van der Waals surface area contributed by atoms with Crippen LogP contribution in [0.15, 0.2) is 36.4 Å². The molecule has 1 aromatic rings. The molecule has 1 atom stereocenters. The van der Waals surface area contributed by atoms with Crippen LogP contribution in [0.5, 0.6) is 0 Å². The topological polar surface area (TPSA) is 199 Å². The molecule has 6 amide bonds. The van der Waals surface area contributed by atoms with Crippen molar-refractivity contribution in [1.29, 1.82) is 0 Å². The lowest BCUT2D eigenvalue weighted by molar-refractivity contribution is -0.148. The zero-order valence-corrected chi connectivity index (χ0v) is 27.3. The Morgan fingerprint density at radius 1 is 0.766 bits per heavy atom. The molecule has 258 valence electrons. The number of rotatable bonds is 21. The average molecular weight is 660 g/mol. The third-order valence-corrected chi connectivity index (χ3v) is 6.66. The smallest absolute Gasteiger partial charge is 0.308 e. The van der Waals surface area contributed by atoms with Gasteiger partial charge in [0, 0.05) is 43.8 Å². The third kappa shape index (κ3) is 15.0. The molecule has 1 aromatic carbocycles. The van der Waals surface area contributed by atoms with E-state index in [2.05, 4.69) is 21.3 Å². The number of amides is 6. The number of esters is 1. The fraction of sp³-hybridized carbons (Fsp3) is 0.531. The van der Waals surface area contributed by atoms with Crippen LogP contribution in [0.4, 0.5) is 5.69 Å². The molecule has 0 spiro atoms. The van der Waals surface area contributed by atoms with Gasteiger partial charge >= 0.3 is 5.97 Å². The Bertz CT molecular complexity index is 1260. The molecule has 0 radical (unpaired) electrons. The van der Waals surface area contributed by atoms with Gasteiger partial charge in [-0.15, -0.1) is 0 Å². The average Bonchev–Trinajstić information content (AvgIpc) is 3.35. The second kappa shape index (κ2) is 20.5. The largest absolute Gasteiger partial charge is 0.461 e. The second-order valence-corrected chi connectivity index (χ2v) is 11.3. The van der Waals surface area contributed by atoms with E-state index in [0.717, 1.165) is 22.6 Å². The molecular weight excluding hydrogens is 614 g/mol. The summed E-state index contributed by atoms with van der Waals surface area (Å²) >= 11 is 0. The highest BCUT2D eigenvalue weighted by molar-refractivity contribution is 6.13. The highest BCUT2D eigenvalue weighted by Gasteiger charge is 2.25. The lowest BCUT2D eigenvalue weighted by Gasteiger charge is -2.21. The molecule has 1 aliphatic rings. The van der Waals surface area contributed by atoms with Crippen LogP contribution < -0.4 is 21.3 Å². The Balaban J connectivity index is 1.55. The lowest BCUT2D eigenvalue weighted by atomic mass is 10.0. The Kier molecular flexibility index (Phi) is 16.8. The van der Waals surface area contributed by atoms with E-state index in [0.29, 0.717) is 5.69 Å². The number of imide groups is 1. The van der Waals surface area contributed by atoms with Gasteiger partial charge in [-0.1, -0.05) is 39.8 Å². The van der Waals surface area contributed by atoms with E-state index in [1.165, 1.54) is 0 Å². The number of anilines is 1. The monoisotopic (exact) mass is 659 g/mol. The quantitative estimate of drug-likeness (QED) is 0.0816. The van der Waals surface area contributed by atoms with Gasteiger partial charge < -0.3 is 35.5 Å². The third-order valence-electron chi connectivity index (χ3n) is 6.66. The first-order valence-electron chi connectivity index (χ1n) is 15.5. The van der Waals surface area contributed by atoms with Crippen molar-refractivity contribution in [3.8, 4) is 0 Å². The first-order chi connectivity index (χ1) is 22.4. The van der Waals surface area contributed by atoms with Gasteiger partial charge in [-0.25, -0.2) is 0 Å². The maximum Gasteiger partial charge on any atom is 0.308 e. The number of hydrogen-bond donors (Lipinski definition) is 4. The van der Waals surface area contributed by atoms with Gasteiger partial charge in [0.2, 0.25) is 23.6 Å². The minimum Gasteiger partial charge on any atom is -0.461 e. The van der Waals surface area contributed by atoms with Crippen molar-refractivity contribution in [2.45, 2.75) is 53.2 Å². The van der Waals surface area contributed by atoms with Crippen LogP contribution in [0.2, 0.25) is 0 Å². The van der Waals surface area contributed by atoms with E-state index in [1.807, 2.05) is 0 Å². The van der Waals surface area contributed by atoms with Gasteiger partial charge in [0.15, 0.2) is 0 Å². The fourth-order valence-corrected chi connectivity index (χ4v) is 3.97. The van der Waals surface area contributed by atoms with E-state index in [1.54, 1.807) is 52.0 Å². The predicted octanol–water partition coefficient (Wildman–Crippen LogP) is 0.436. The van der Waals surface area contributed by atoms with Crippen LogP contribution >= 0.6 is 0 Å². The van der Waals surface area contributed by atoms with Crippen LogP contribution in [-0.2, 0) is 54.4 Å². The van der Waals surface area contributed by atoms with Gasteiger partial charge in [-0.2, -0.15) is 0 Å². The van der Waals surface area contributed by atoms with Gasteiger partial charge in [0.25, 0.3) is 11.8 Å². The normalized spacial score (nSPS) is 13.1. The highest BCUT2D eigenvalue weighted by atomic mass is 16.5. The lowest BCUT2D eigenvalue weighted by Crippen LogP contribution is -2.51.